The Balaban J connectivity index is 2.42. The number of anilines is 4. The van der Waals surface area contributed by atoms with E-state index in [9.17, 15) is 34.7 Å². The summed E-state index contributed by atoms with van der Waals surface area (Å²) in [5, 5.41) is 8.00. The van der Waals surface area contributed by atoms with Crippen molar-refractivity contribution in [2.45, 2.75) is 16.7 Å². The zero-order valence-corrected chi connectivity index (χ0v) is 18.2. The van der Waals surface area contributed by atoms with Gasteiger partial charge in [0.25, 0.3) is 20.2 Å². The van der Waals surface area contributed by atoms with Crippen LogP contribution in [0.4, 0.5) is 23.5 Å². The Morgan fingerprint density at radius 3 is 2.13 bits per heavy atom. The maximum Gasteiger partial charge on any atom is 0.296 e. The Morgan fingerprint density at radius 1 is 0.968 bits per heavy atom. The minimum Gasteiger partial charge on any atom is -0.760 e. The Kier molecular flexibility index (Phi) is 8.17. The molecule has 0 saturated heterocycles. The van der Waals surface area contributed by atoms with Gasteiger partial charge in [0.15, 0.2) is 0 Å². The fourth-order valence-electron chi connectivity index (χ4n) is 2.17. The van der Waals surface area contributed by atoms with Crippen LogP contribution in [0.3, 0.4) is 0 Å². The first-order valence-electron chi connectivity index (χ1n) is 8.32. The third-order valence-electron chi connectivity index (χ3n) is 3.37. The van der Waals surface area contributed by atoms with Gasteiger partial charge in [-0.15, -0.1) is 0 Å². The van der Waals surface area contributed by atoms with E-state index >= 15 is 0 Å². The molecule has 0 spiro atoms. The molecule has 18 heteroatoms. The van der Waals surface area contributed by atoms with E-state index < -0.39 is 47.0 Å². The average Bonchev–Trinajstić information content (AvgIpc) is 2.63. The first kappa shape index (κ1) is 24.8. The standard InChI is InChI=1S/C13H19N7O8S3/c1-2-14-11-18-12(15-5-6-16-29(21)22)20-13(19-11)17-9-7-8(30(23,24)25)3-4-10(9)31(26,27)28/h3-4,7,16H,2,5-6H2,1H3,(H,21,22)(H,23,24,25)(H,26,27,28)(H3,14,15,17,18,19,20)/p-1. The molecule has 2 aromatic rings. The van der Waals surface area contributed by atoms with Crippen molar-refractivity contribution >= 4 is 55.0 Å². The normalized spacial score (nSPS) is 12.9. The monoisotopic (exact) mass is 496 g/mol. The SMILES string of the molecule is CCNc1nc(NCCNS(=O)[O-])nc(Nc2cc(S(=O)(=O)O)ccc2S(=O)(=O)O)n1. The van der Waals surface area contributed by atoms with Crippen molar-refractivity contribution in [3.8, 4) is 0 Å². The molecule has 0 amide bonds. The first-order valence-corrected chi connectivity index (χ1v) is 12.3. The molecule has 31 heavy (non-hydrogen) atoms. The van der Waals surface area contributed by atoms with Gasteiger partial charge in [-0.05, 0) is 25.1 Å². The zero-order valence-electron chi connectivity index (χ0n) is 15.8. The predicted molar refractivity (Wildman–Crippen MR) is 109 cm³/mol. The number of nitrogens with one attached hydrogen (secondary N) is 4. The van der Waals surface area contributed by atoms with Gasteiger partial charge in [0.1, 0.15) is 4.90 Å². The van der Waals surface area contributed by atoms with Gasteiger partial charge in [-0.2, -0.15) is 31.8 Å². The highest BCUT2D eigenvalue weighted by Crippen LogP contribution is 2.27. The highest BCUT2D eigenvalue weighted by Gasteiger charge is 2.21. The molecule has 0 aliphatic rings. The topological polar surface area (TPSA) is 236 Å². The number of aromatic nitrogens is 3. The molecule has 6 N–H and O–H groups in total. The van der Waals surface area contributed by atoms with Crippen molar-refractivity contribution in [3.05, 3.63) is 18.2 Å². The van der Waals surface area contributed by atoms with Gasteiger partial charge in [0.05, 0.1) is 10.6 Å². The summed E-state index contributed by atoms with van der Waals surface area (Å²) in [5.74, 6) is -0.209. The van der Waals surface area contributed by atoms with Crippen molar-refractivity contribution in [3.63, 3.8) is 0 Å². The van der Waals surface area contributed by atoms with Gasteiger partial charge in [0.2, 0.25) is 17.8 Å². The van der Waals surface area contributed by atoms with Crippen LogP contribution in [0.1, 0.15) is 6.92 Å². The summed E-state index contributed by atoms with van der Waals surface area (Å²) in [7, 11) is -9.46. The van der Waals surface area contributed by atoms with E-state index in [2.05, 4.69) is 35.6 Å². The fourth-order valence-corrected chi connectivity index (χ4v) is 3.57. The second kappa shape index (κ2) is 10.2. The van der Waals surface area contributed by atoms with Crippen LogP contribution in [0.25, 0.3) is 0 Å². The molecule has 1 aromatic heterocycles. The summed E-state index contributed by atoms with van der Waals surface area (Å²) in [6.07, 6.45) is 0. The van der Waals surface area contributed by atoms with E-state index in [1.807, 2.05) is 0 Å². The van der Waals surface area contributed by atoms with Crippen LogP contribution in [-0.4, -0.2) is 69.3 Å². The van der Waals surface area contributed by atoms with Gasteiger partial charge in [-0.3, -0.25) is 13.3 Å². The number of hydrogen-bond donors (Lipinski definition) is 6. The fraction of sp³-hybridized carbons (Fsp3) is 0.308. The Bertz CT molecular complexity index is 1170. The molecule has 2 rings (SSSR count). The molecule has 172 valence electrons. The van der Waals surface area contributed by atoms with Crippen molar-refractivity contribution in [1.29, 1.82) is 0 Å². The molecule has 1 aromatic carbocycles. The van der Waals surface area contributed by atoms with E-state index in [1.54, 1.807) is 6.92 Å². The van der Waals surface area contributed by atoms with Crippen LogP contribution < -0.4 is 20.7 Å². The van der Waals surface area contributed by atoms with Gasteiger partial charge < -0.3 is 20.5 Å². The van der Waals surface area contributed by atoms with Crippen molar-refractivity contribution in [1.82, 2.24) is 19.7 Å². The number of rotatable bonds is 11. The predicted octanol–water partition coefficient (Wildman–Crippen LogP) is -0.664. The molecule has 1 unspecified atom stereocenters. The van der Waals surface area contributed by atoms with Crippen molar-refractivity contribution < 1.29 is 34.7 Å². The number of hydrogen-bond acceptors (Lipinski definition) is 12. The number of nitrogens with zero attached hydrogens (tertiary/aromatic N) is 3. The van der Waals surface area contributed by atoms with Gasteiger partial charge in [-0.25, -0.2) is 4.72 Å². The average molecular weight is 497 g/mol. The summed E-state index contributed by atoms with van der Waals surface area (Å²) in [6.45, 7) is 2.28. The molecular formula is C13H18N7O8S3-. The Hall–Kier alpha value is -2.48. The largest absolute Gasteiger partial charge is 0.760 e. The van der Waals surface area contributed by atoms with Gasteiger partial charge in [-0.1, -0.05) is 0 Å². The lowest BCUT2D eigenvalue weighted by Crippen LogP contribution is -2.24. The molecule has 15 nitrogen and oxygen atoms in total. The summed E-state index contributed by atoms with van der Waals surface area (Å²) in [4.78, 5) is 10.7. The molecule has 1 heterocycles. The van der Waals surface area contributed by atoms with Crippen LogP contribution >= 0.6 is 0 Å². The molecule has 0 saturated carbocycles. The van der Waals surface area contributed by atoms with Crippen LogP contribution in [-0.2, 0) is 31.5 Å². The summed E-state index contributed by atoms with van der Waals surface area (Å²) >= 11 is -2.45. The first-order chi connectivity index (χ1) is 14.4. The molecular weight excluding hydrogens is 478 g/mol. The zero-order chi connectivity index (χ0) is 23.2. The third-order valence-corrected chi connectivity index (χ3v) is 5.57. The van der Waals surface area contributed by atoms with Crippen molar-refractivity contribution in [2.75, 3.05) is 35.6 Å². The van der Waals surface area contributed by atoms with E-state index in [1.165, 1.54) is 0 Å². The molecule has 0 aliphatic heterocycles. The van der Waals surface area contributed by atoms with Gasteiger partial charge >= 0.3 is 0 Å². The van der Waals surface area contributed by atoms with E-state index in [0.29, 0.717) is 6.54 Å². The lowest BCUT2D eigenvalue weighted by Gasteiger charge is -2.13. The van der Waals surface area contributed by atoms with Crippen LogP contribution in [0, 0.1) is 0 Å². The maximum absolute atomic E-state index is 11.6. The molecule has 0 bridgehead atoms. The van der Waals surface area contributed by atoms with E-state index in [-0.39, 0.29) is 30.9 Å². The van der Waals surface area contributed by atoms with Crippen LogP contribution in [0.5, 0.6) is 0 Å². The highest BCUT2D eigenvalue weighted by molar-refractivity contribution is 7.86. The quantitative estimate of drug-likeness (QED) is 0.129. The molecule has 0 radical (unpaired) electrons. The minimum absolute atomic E-state index is 0.0183. The third kappa shape index (κ3) is 7.61. The molecule has 0 aliphatic carbocycles. The van der Waals surface area contributed by atoms with Crippen LogP contribution in [0.2, 0.25) is 0 Å². The highest BCUT2D eigenvalue weighted by atomic mass is 32.2. The second-order valence-electron chi connectivity index (χ2n) is 5.63. The Morgan fingerprint density at radius 2 is 1.58 bits per heavy atom. The number of benzene rings is 1. The summed E-state index contributed by atoms with van der Waals surface area (Å²) < 4.78 is 87.8. The second-order valence-corrected chi connectivity index (χ2v) is 9.20. The summed E-state index contributed by atoms with van der Waals surface area (Å²) in [6, 6.07) is 2.35. The van der Waals surface area contributed by atoms with Crippen molar-refractivity contribution in [2.24, 2.45) is 0 Å². The Labute approximate surface area is 180 Å². The lowest BCUT2D eigenvalue weighted by molar-refractivity contribution is 0.479. The lowest BCUT2D eigenvalue weighted by atomic mass is 10.3. The van der Waals surface area contributed by atoms with Crippen LogP contribution in [0.15, 0.2) is 28.0 Å². The summed E-state index contributed by atoms with van der Waals surface area (Å²) in [5.41, 5.74) is -0.430. The van der Waals surface area contributed by atoms with Gasteiger partial charge in [0, 0.05) is 30.9 Å². The van der Waals surface area contributed by atoms with E-state index in [0.717, 1.165) is 18.2 Å². The smallest absolute Gasteiger partial charge is 0.296 e. The molecule has 1 atom stereocenters. The minimum atomic E-state index is -4.78. The van der Waals surface area contributed by atoms with E-state index in [4.69, 9.17) is 0 Å². The maximum atomic E-state index is 11.6. The molecule has 0 fully saturated rings.